The van der Waals surface area contributed by atoms with Gasteiger partial charge in [0.2, 0.25) is 5.82 Å². The van der Waals surface area contributed by atoms with Gasteiger partial charge in [0, 0.05) is 27.4 Å². The van der Waals surface area contributed by atoms with Crippen molar-refractivity contribution in [1.29, 1.82) is 0 Å². The number of nitrogens with zero attached hydrogens (tertiary/aromatic N) is 3. The summed E-state index contributed by atoms with van der Waals surface area (Å²) in [5.41, 5.74) is 1.21. The Labute approximate surface area is 168 Å². The number of halogens is 5. The number of alkyl halides is 3. The van der Waals surface area contributed by atoms with E-state index in [1.54, 1.807) is 18.2 Å². The van der Waals surface area contributed by atoms with E-state index in [1.807, 2.05) is 0 Å². The molecular weight excluding hydrogens is 438 g/mol. The van der Waals surface area contributed by atoms with Gasteiger partial charge in [-0.2, -0.15) is 22.5 Å². The van der Waals surface area contributed by atoms with Gasteiger partial charge in [-0.05, 0) is 36.4 Å². The maximum Gasteiger partial charge on any atom is 0.471 e. The lowest BCUT2D eigenvalue weighted by Gasteiger charge is -2.09. The summed E-state index contributed by atoms with van der Waals surface area (Å²) < 4.78 is 58.9. The van der Waals surface area contributed by atoms with Gasteiger partial charge in [0.25, 0.3) is 0 Å². The Bertz CT molecular complexity index is 1100. The highest BCUT2D eigenvalue weighted by molar-refractivity contribution is 7.92. The van der Waals surface area contributed by atoms with E-state index in [4.69, 9.17) is 23.2 Å². The van der Waals surface area contributed by atoms with Crippen LogP contribution in [0.25, 0.3) is 11.4 Å². The first-order chi connectivity index (χ1) is 13.0. The zero-order valence-corrected chi connectivity index (χ0v) is 16.5. The summed E-state index contributed by atoms with van der Waals surface area (Å²) in [6.45, 7) is 0. The van der Waals surface area contributed by atoms with Crippen molar-refractivity contribution >= 4 is 38.6 Å². The molecule has 0 radical (unpaired) electrons. The van der Waals surface area contributed by atoms with Gasteiger partial charge < -0.3 is 4.52 Å². The minimum atomic E-state index is -4.71. The van der Waals surface area contributed by atoms with Crippen molar-refractivity contribution < 1.29 is 21.9 Å². The molecule has 0 spiro atoms. The third-order valence-electron chi connectivity index (χ3n) is 3.57. The second kappa shape index (κ2) is 7.73. The molecule has 3 aromatic rings. The topological polar surface area (TPSA) is 68.3 Å². The van der Waals surface area contributed by atoms with E-state index in [1.165, 1.54) is 30.5 Å². The largest absolute Gasteiger partial charge is 0.471 e. The number of benzene rings is 2. The molecule has 0 aliphatic rings. The summed E-state index contributed by atoms with van der Waals surface area (Å²) in [4.78, 5) is 3.31. The summed E-state index contributed by atoms with van der Waals surface area (Å²) in [5.74, 6) is -1.59. The van der Waals surface area contributed by atoms with E-state index < -0.39 is 21.8 Å². The lowest BCUT2D eigenvalue weighted by Crippen LogP contribution is -2.04. The van der Waals surface area contributed by atoms with Gasteiger partial charge in [-0.1, -0.05) is 34.4 Å². The van der Waals surface area contributed by atoms with Crippen molar-refractivity contribution in [3.8, 4) is 11.4 Å². The summed E-state index contributed by atoms with van der Waals surface area (Å²) in [6, 6.07) is 10.9. The van der Waals surface area contributed by atoms with E-state index >= 15 is 0 Å². The van der Waals surface area contributed by atoms with Crippen molar-refractivity contribution in [3.63, 3.8) is 0 Å². The van der Waals surface area contributed by atoms with Crippen LogP contribution < -0.4 is 0 Å². The van der Waals surface area contributed by atoms with E-state index in [0.717, 1.165) is 0 Å². The summed E-state index contributed by atoms with van der Waals surface area (Å²) in [5, 5.41) is 4.10. The van der Waals surface area contributed by atoms with Crippen LogP contribution in [0.4, 0.5) is 18.9 Å². The van der Waals surface area contributed by atoms with Gasteiger partial charge in [0.05, 0.1) is 21.2 Å². The lowest BCUT2D eigenvalue weighted by molar-refractivity contribution is -0.159. The molecule has 0 aliphatic heterocycles. The van der Waals surface area contributed by atoms with Crippen molar-refractivity contribution in [1.82, 2.24) is 10.1 Å². The molecule has 5 nitrogen and oxygen atoms in total. The lowest BCUT2D eigenvalue weighted by atomic mass is 10.2. The van der Waals surface area contributed by atoms with Gasteiger partial charge in [-0.3, -0.25) is 0 Å². The van der Waals surface area contributed by atoms with Crippen LogP contribution in [-0.2, 0) is 21.7 Å². The van der Waals surface area contributed by atoms with Gasteiger partial charge in [0.15, 0.2) is 0 Å². The minimum Gasteiger partial charge on any atom is -0.329 e. The van der Waals surface area contributed by atoms with Crippen LogP contribution in [0.15, 0.2) is 51.4 Å². The number of aromatic nitrogens is 2. The van der Waals surface area contributed by atoms with Crippen LogP contribution in [0.1, 0.15) is 11.5 Å². The first-order valence-corrected chi connectivity index (χ1v) is 10.5. The molecule has 0 amide bonds. The quantitative estimate of drug-likeness (QED) is 0.490. The molecule has 2 aromatic carbocycles. The second-order valence-electron chi connectivity index (χ2n) is 5.86. The number of hydrogen-bond acceptors (Lipinski definition) is 5. The molecule has 28 heavy (non-hydrogen) atoms. The molecule has 148 valence electrons. The molecular formula is C17H12Cl2F3N3O2S. The number of hydrogen-bond donors (Lipinski definition) is 0. The van der Waals surface area contributed by atoms with Gasteiger partial charge in [-0.15, -0.1) is 0 Å². The minimum absolute atomic E-state index is 0.0487. The zero-order valence-electron chi connectivity index (χ0n) is 14.2. The van der Waals surface area contributed by atoms with Crippen LogP contribution in [0.2, 0.25) is 10.0 Å². The van der Waals surface area contributed by atoms with Crippen LogP contribution in [0, 0.1) is 0 Å². The maximum absolute atomic E-state index is 12.8. The van der Waals surface area contributed by atoms with Crippen LogP contribution in [-0.4, -0.2) is 20.6 Å². The van der Waals surface area contributed by atoms with Crippen molar-refractivity contribution in [3.05, 3.63) is 64.0 Å². The van der Waals surface area contributed by atoms with Crippen molar-refractivity contribution in [2.75, 3.05) is 6.26 Å². The average Bonchev–Trinajstić information content (AvgIpc) is 3.09. The molecule has 3 rings (SSSR count). The van der Waals surface area contributed by atoms with Crippen molar-refractivity contribution in [2.24, 2.45) is 4.36 Å². The summed E-state index contributed by atoms with van der Waals surface area (Å²) in [7, 11) is -2.72. The van der Waals surface area contributed by atoms with Gasteiger partial charge in [0.1, 0.15) is 0 Å². The first kappa shape index (κ1) is 20.6. The Morgan fingerprint density at radius 1 is 1.11 bits per heavy atom. The molecule has 1 atom stereocenters. The molecule has 0 saturated heterocycles. The molecule has 1 heterocycles. The highest BCUT2D eigenvalue weighted by Gasteiger charge is 2.38. The molecule has 11 heteroatoms. The Kier molecular flexibility index (Phi) is 5.69. The zero-order chi connectivity index (χ0) is 20.5. The standard InChI is InChI=1S/C17H12Cl2F3N3O2S/c1-28(26,9-12-13(18)3-2-4-14(12)19)25-11-7-5-10(6-8-11)15-23-16(27-24-15)17(20,21)22/h2-8H,9H2,1H3. The molecule has 1 aromatic heterocycles. The normalized spacial score (nSPS) is 13.9. The van der Waals surface area contributed by atoms with Crippen LogP contribution >= 0.6 is 23.2 Å². The molecule has 0 bridgehead atoms. The fraction of sp³-hybridized carbons (Fsp3) is 0.176. The molecule has 0 saturated carbocycles. The summed E-state index contributed by atoms with van der Waals surface area (Å²) >= 11 is 12.2. The highest BCUT2D eigenvalue weighted by Crippen LogP contribution is 2.30. The van der Waals surface area contributed by atoms with Crippen molar-refractivity contribution in [2.45, 2.75) is 11.9 Å². The number of rotatable bonds is 4. The fourth-order valence-electron chi connectivity index (χ4n) is 2.32. The van der Waals surface area contributed by atoms with Crippen LogP contribution in [0.3, 0.4) is 0 Å². The Morgan fingerprint density at radius 2 is 1.71 bits per heavy atom. The third-order valence-corrected chi connectivity index (χ3v) is 5.70. The van der Waals surface area contributed by atoms with Gasteiger partial charge >= 0.3 is 12.1 Å². The predicted molar refractivity (Wildman–Crippen MR) is 101 cm³/mol. The third kappa shape index (κ3) is 4.84. The van der Waals surface area contributed by atoms with Crippen LogP contribution in [0.5, 0.6) is 0 Å². The Hall–Kier alpha value is -2.10. The predicted octanol–water partition coefficient (Wildman–Crippen LogP) is 5.99. The molecule has 0 fully saturated rings. The second-order valence-corrected chi connectivity index (χ2v) is 9.07. The van der Waals surface area contributed by atoms with E-state index in [0.29, 0.717) is 26.9 Å². The Morgan fingerprint density at radius 3 is 2.25 bits per heavy atom. The Balaban J connectivity index is 1.85. The molecule has 1 unspecified atom stereocenters. The molecule has 0 N–H and O–H groups in total. The van der Waals surface area contributed by atoms with E-state index in [2.05, 4.69) is 19.0 Å². The fourth-order valence-corrected chi connectivity index (χ4v) is 4.49. The SMILES string of the molecule is CS(=O)(Cc1c(Cl)cccc1Cl)=Nc1ccc(-c2noc(C(F)(F)F)n2)cc1. The van der Waals surface area contributed by atoms with E-state index in [-0.39, 0.29) is 11.6 Å². The van der Waals surface area contributed by atoms with Gasteiger partial charge in [-0.25, -0.2) is 4.21 Å². The molecule has 0 aliphatic carbocycles. The highest BCUT2D eigenvalue weighted by atomic mass is 35.5. The van der Waals surface area contributed by atoms with E-state index in [9.17, 15) is 17.4 Å². The average molecular weight is 450 g/mol. The summed E-state index contributed by atoms with van der Waals surface area (Å²) in [6.07, 6.45) is -3.25. The first-order valence-electron chi connectivity index (χ1n) is 7.69. The monoisotopic (exact) mass is 449 g/mol. The smallest absolute Gasteiger partial charge is 0.329 e. The maximum atomic E-state index is 12.8.